The van der Waals surface area contributed by atoms with Crippen LogP contribution in [0.25, 0.3) is 0 Å². The SMILES string of the molecule is CCc1c(C(=O)NCc2cn(C)nc2C)c(=O)cc(C)n1Cc1ccccc1OC. The summed E-state index contributed by atoms with van der Waals surface area (Å²) in [7, 11) is 3.47. The van der Waals surface area contributed by atoms with Crippen LogP contribution in [-0.4, -0.2) is 27.4 Å². The molecule has 0 aliphatic heterocycles. The molecule has 1 aromatic carbocycles. The van der Waals surface area contributed by atoms with E-state index in [1.165, 1.54) is 6.07 Å². The van der Waals surface area contributed by atoms with Gasteiger partial charge in [0.1, 0.15) is 11.3 Å². The molecule has 7 nitrogen and oxygen atoms in total. The molecule has 0 saturated heterocycles. The summed E-state index contributed by atoms with van der Waals surface area (Å²) in [6, 6.07) is 9.29. The zero-order chi connectivity index (χ0) is 21.8. The Labute approximate surface area is 176 Å². The summed E-state index contributed by atoms with van der Waals surface area (Å²) < 4.78 is 9.20. The van der Waals surface area contributed by atoms with Crippen LogP contribution in [0.1, 0.15) is 45.5 Å². The molecule has 0 saturated carbocycles. The van der Waals surface area contributed by atoms with Crippen molar-refractivity contribution in [1.29, 1.82) is 0 Å². The second-order valence-corrected chi connectivity index (χ2v) is 7.32. The molecular formula is C23H28N4O3. The molecule has 3 aromatic rings. The number of amides is 1. The molecule has 0 fully saturated rings. The van der Waals surface area contributed by atoms with Crippen LogP contribution in [0.15, 0.2) is 41.3 Å². The predicted molar refractivity (Wildman–Crippen MR) is 116 cm³/mol. The second-order valence-electron chi connectivity index (χ2n) is 7.32. The lowest BCUT2D eigenvalue weighted by Gasteiger charge is -2.20. The summed E-state index contributed by atoms with van der Waals surface area (Å²) in [5, 5.41) is 7.18. The first-order valence-corrected chi connectivity index (χ1v) is 9.98. The van der Waals surface area contributed by atoms with E-state index in [0.29, 0.717) is 25.2 Å². The highest BCUT2D eigenvalue weighted by molar-refractivity contribution is 5.95. The number of methoxy groups -OCH3 is 1. The molecule has 0 aliphatic rings. The Kier molecular flexibility index (Phi) is 6.40. The van der Waals surface area contributed by atoms with Crippen LogP contribution in [0.2, 0.25) is 0 Å². The van der Waals surface area contributed by atoms with E-state index < -0.39 is 0 Å². The molecule has 0 atom stereocenters. The number of aromatic nitrogens is 3. The van der Waals surface area contributed by atoms with E-state index in [4.69, 9.17) is 4.74 Å². The minimum Gasteiger partial charge on any atom is -0.496 e. The third-order valence-corrected chi connectivity index (χ3v) is 5.26. The summed E-state index contributed by atoms with van der Waals surface area (Å²) in [5.41, 5.74) is 4.21. The minimum atomic E-state index is -0.367. The fraction of sp³-hybridized carbons (Fsp3) is 0.348. The number of rotatable bonds is 7. The summed E-state index contributed by atoms with van der Waals surface area (Å²) >= 11 is 0. The summed E-state index contributed by atoms with van der Waals surface area (Å²) in [5.74, 6) is 0.407. The molecule has 3 rings (SSSR count). The van der Waals surface area contributed by atoms with Crippen LogP contribution in [0, 0.1) is 13.8 Å². The largest absolute Gasteiger partial charge is 0.496 e. The van der Waals surface area contributed by atoms with Crippen molar-refractivity contribution in [1.82, 2.24) is 19.7 Å². The number of benzene rings is 1. The summed E-state index contributed by atoms with van der Waals surface area (Å²) in [4.78, 5) is 25.8. The van der Waals surface area contributed by atoms with E-state index in [1.807, 2.05) is 62.8 Å². The van der Waals surface area contributed by atoms with Gasteiger partial charge in [-0.25, -0.2) is 0 Å². The van der Waals surface area contributed by atoms with Gasteiger partial charge in [-0.1, -0.05) is 25.1 Å². The van der Waals surface area contributed by atoms with Crippen molar-refractivity contribution in [3.05, 3.63) is 80.5 Å². The van der Waals surface area contributed by atoms with Crippen LogP contribution in [0.5, 0.6) is 5.75 Å². The lowest BCUT2D eigenvalue weighted by atomic mass is 10.1. The van der Waals surface area contributed by atoms with Crippen molar-refractivity contribution in [2.75, 3.05) is 7.11 Å². The number of carbonyl (C=O) groups excluding carboxylic acids is 1. The van der Waals surface area contributed by atoms with Gasteiger partial charge in [0.15, 0.2) is 5.43 Å². The van der Waals surface area contributed by atoms with Gasteiger partial charge >= 0.3 is 0 Å². The topological polar surface area (TPSA) is 78.2 Å². The van der Waals surface area contributed by atoms with Crippen molar-refractivity contribution in [3.63, 3.8) is 0 Å². The van der Waals surface area contributed by atoms with Crippen LogP contribution in [0.4, 0.5) is 0 Å². The zero-order valence-corrected chi connectivity index (χ0v) is 18.2. The number of carbonyl (C=O) groups is 1. The maximum absolute atomic E-state index is 13.0. The van der Waals surface area contributed by atoms with E-state index in [9.17, 15) is 9.59 Å². The summed E-state index contributed by atoms with van der Waals surface area (Å²) in [6.45, 7) is 6.57. The highest BCUT2D eigenvalue weighted by atomic mass is 16.5. The van der Waals surface area contributed by atoms with Gasteiger partial charge in [0, 0.05) is 48.4 Å². The van der Waals surface area contributed by atoms with Gasteiger partial charge in [-0.15, -0.1) is 0 Å². The van der Waals surface area contributed by atoms with Crippen LogP contribution in [0.3, 0.4) is 0 Å². The fourth-order valence-corrected chi connectivity index (χ4v) is 3.75. The average molecular weight is 409 g/mol. The van der Waals surface area contributed by atoms with Crippen molar-refractivity contribution >= 4 is 5.91 Å². The van der Waals surface area contributed by atoms with Crippen molar-refractivity contribution in [2.45, 2.75) is 40.3 Å². The van der Waals surface area contributed by atoms with Gasteiger partial charge in [-0.2, -0.15) is 5.10 Å². The highest BCUT2D eigenvalue weighted by Gasteiger charge is 2.20. The Morgan fingerprint density at radius 1 is 1.20 bits per heavy atom. The van der Waals surface area contributed by atoms with E-state index in [-0.39, 0.29) is 16.9 Å². The predicted octanol–water partition coefficient (Wildman–Crippen LogP) is 2.75. The van der Waals surface area contributed by atoms with E-state index in [0.717, 1.165) is 28.3 Å². The van der Waals surface area contributed by atoms with E-state index in [1.54, 1.807) is 11.8 Å². The lowest BCUT2D eigenvalue weighted by molar-refractivity contribution is 0.0948. The second kappa shape index (κ2) is 8.98. The van der Waals surface area contributed by atoms with E-state index >= 15 is 0 Å². The van der Waals surface area contributed by atoms with Crippen molar-refractivity contribution in [2.24, 2.45) is 7.05 Å². The normalized spacial score (nSPS) is 10.8. The molecular weight excluding hydrogens is 380 g/mol. The maximum Gasteiger partial charge on any atom is 0.257 e. The zero-order valence-electron chi connectivity index (χ0n) is 18.2. The first kappa shape index (κ1) is 21.4. The number of nitrogens with zero attached hydrogens (tertiary/aromatic N) is 3. The number of nitrogens with one attached hydrogen (secondary N) is 1. The quantitative estimate of drug-likeness (QED) is 0.652. The number of para-hydroxylation sites is 1. The van der Waals surface area contributed by atoms with Crippen LogP contribution < -0.4 is 15.5 Å². The third-order valence-electron chi connectivity index (χ3n) is 5.26. The molecule has 0 radical (unpaired) electrons. The monoisotopic (exact) mass is 408 g/mol. The molecule has 0 spiro atoms. The number of ether oxygens (including phenoxy) is 1. The summed E-state index contributed by atoms with van der Waals surface area (Å²) in [6.07, 6.45) is 2.42. The molecule has 7 heteroatoms. The van der Waals surface area contributed by atoms with Gasteiger partial charge in [0.05, 0.1) is 19.3 Å². The standard InChI is InChI=1S/C23H28N4O3/c1-6-19-22(23(29)24-12-18-13-26(4)25-16(18)3)20(28)11-15(2)27(19)14-17-9-7-8-10-21(17)30-5/h7-11,13H,6,12,14H2,1-5H3,(H,24,29). The third kappa shape index (κ3) is 4.30. The van der Waals surface area contributed by atoms with Gasteiger partial charge in [0.25, 0.3) is 5.91 Å². The highest BCUT2D eigenvalue weighted by Crippen LogP contribution is 2.21. The number of hydrogen-bond donors (Lipinski definition) is 1. The Balaban J connectivity index is 1.96. The smallest absolute Gasteiger partial charge is 0.257 e. The maximum atomic E-state index is 13.0. The number of pyridine rings is 1. The molecule has 0 unspecified atom stereocenters. The first-order valence-electron chi connectivity index (χ1n) is 9.98. The molecule has 0 bridgehead atoms. The molecule has 30 heavy (non-hydrogen) atoms. The molecule has 1 amide bonds. The van der Waals surface area contributed by atoms with Crippen LogP contribution >= 0.6 is 0 Å². The van der Waals surface area contributed by atoms with Gasteiger partial charge in [-0.05, 0) is 26.3 Å². The van der Waals surface area contributed by atoms with Crippen molar-refractivity contribution < 1.29 is 9.53 Å². The van der Waals surface area contributed by atoms with Crippen molar-refractivity contribution in [3.8, 4) is 5.75 Å². The van der Waals surface area contributed by atoms with E-state index in [2.05, 4.69) is 10.4 Å². The molecule has 2 heterocycles. The minimum absolute atomic E-state index is 0.194. The van der Waals surface area contributed by atoms with Gasteiger partial charge in [0.2, 0.25) is 0 Å². The first-order chi connectivity index (χ1) is 14.3. The van der Waals surface area contributed by atoms with Gasteiger partial charge < -0.3 is 14.6 Å². The number of hydrogen-bond acceptors (Lipinski definition) is 4. The molecule has 2 aromatic heterocycles. The Morgan fingerprint density at radius 3 is 2.57 bits per heavy atom. The van der Waals surface area contributed by atoms with Crippen LogP contribution in [-0.2, 0) is 26.6 Å². The molecule has 0 aliphatic carbocycles. The Bertz CT molecular complexity index is 1130. The van der Waals surface area contributed by atoms with Gasteiger partial charge in [-0.3, -0.25) is 14.3 Å². The molecule has 1 N–H and O–H groups in total. The number of aryl methyl sites for hydroxylation is 3. The lowest BCUT2D eigenvalue weighted by Crippen LogP contribution is -2.32. The fourth-order valence-electron chi connectivity index (χ4n) is 3.75. The Hall–Kier alpha value is -3.35. The molecule has 158 valence electrons. The Morgan fingerprint density at radius 2 is 1.93 bits per heavy atom. The average Bonchev–Trinajstić information content (AvgIpc) is 3.05.